The van der Waals surface area contributed by atoms with Crippen LogP contribution in [0.3, 0.4) is 0 Å². The van der Waals surface area contributed by atoms with Gasteiger partial charge in [-0.3, -0.25) is 4.79 Å². The lowest BCUT2D eigenvalue weighted by Gasteiger charge is -2.44. The molecule has 1 saturated carbocycles. The summed E-state index contributed by atoms with van der Waals surface area (Å²) in [6.45, 7) is 3.29. The van der Waals surface area contributed by atoms with Gasteiger partial charge in [-0.2, -0.15) is 4.98 Å². The second kappa shape index (κ2) is 2.56. The SMILES string of the molecule is Cc1noc(N2CC3CC(C2)C3=O)n1. The Morgan fingerprint density at radius 2 is 2.14 bits per heavy atom. The largest absolute Gasteiger partial charge is 0.324 e. The van der Waals surface area contributed by atoms with Crippen LogP contribution < -0.4 is 4.90 Å². The molecule has 0 amide bonds. The molecule has 5 nitrogen and oxygen atoms in total. The zero-order valence-corrected chi connectivity index (χ0v) is 7.93. The summed E-state index contributed by atoms with van der Waals surface area (Å²) in [5, 5.41) is 3.74. The Bertz CT molecular complexity index is 373. The highest BCUT2D eigenvalue weighted by atomic mass is 16.5. The Morgan fingerprint density at radius 3 is 2.64 bits per heavy atom. The standard InChI is InChI=1S/C9H11N3O2/c1-5-10-9(14-11-5)12-3-6-2-7(4-12)8(6)13/h6-7H,2-4H2,1H3. The second-order valence-electron chi connectivity index (χ2n) is 4.06. The monoisotopic (exact) mass is 193 g/mol. The molecule has 0 radical (unpaired) electrons. The van der Waals surface area contributed by atoms with Gasteiger partial charge in [0, 0.05) is 24.9 Å². The molecule has 0 N–H and O–H groups in total. The third-order valence-corrected chi connectivity index (χ3v) is 3.04. The van der Waals surface area contributed by atoms with Gasteiger partial charge in [-0.1, -0.05) is 5.16 Å². The van der Waals surface area contributed by atoms with Crippen LogP contribution in [0.4, 0.5) is 6.01 Å². The first-order valence-electron chi connectivity index (χ1n) is 4.83. The number of carbonyl (C=O) groups is 1. The summed E-state index contributed by atoms with van der Waals surface area (Å²) in [6, 6.07) is 0.560. The van der Waals surface area contributed by atoms with Gasteiger partial charge in [-0.25, -0.2) is 0 Å². The van der Waals surface area contributed by atoms with Crippen LogP contribution in [0.15, 0.2) is 4.52 Å². The molecule has 74 valence electrons. The van der Waals surface area contributed by atoms with Crippen molar-refractivity contribution < 1.29 is 9.32 Å². The van der Waals surface area contributed by atoms with E-state index in [0.29, 0.717) is 17.6 Å². The number of hydrogen-bond donors (Lipinski definition) is 0. The summed E-state index contributed by atoms with van der Waals surface area (Å²) in [6.07, 6.45) is 1.04. The van der Waals surface area contributed by atoms with Crippen LogP contribution >= 0.6 is 0 Å². The van der Waals surface area contributed by atoms with Crippen LogP contribution in [0.2, 0.25) is 0 Å². The van der Waals surface area contributed by atoms with Crippen molar-refractivity contribution in [3.8, 4) is 0 Å². The first-order valence-corrected chi connectivity index (χ1v) is 4.83. The third kappa shape index (κ3) is 0.981. The Kier molecular flexibility index (Phi) is 1.45. The minimum Gasteiger partial charge on any atom is -0.323 e. The van der Waals surface area contributed by atoms with E-state index in [-0.39, 0.29) is 11.8 Å². The van der Waals surface area contributed by atoms with E-state index in [1.54, 1.807) is 6.92 Å². The van der Waals surface area contributed by atoms with Gasteiger partial charge >= 0.3 is 6.01 Å². The van der Waals surface area contributed by atoms with E-state index in [2.05, 4.69) is 10.1 Å². The first-order chi connectivity index (χ1) is 6.74. The lowest BCUT2D eigenvalue weighted by atomic mass is 9.70. The summed E-state index contributed by atoms with van der Waals surface area (Å²) >= 11 is 0. The maximum absolute atomic E-state index is 11.3. The first kappa shape index (κ1) is 7.96. The van der Waals surface area contributed by atoms with Crippen molar-refractivity contribution in [2.24, 2.45) is 11.8 Å². The number of rotatable bonds is 1. The molecule has 3 heterocycles. The lowest BCUT2D eigenvalue weighted by Crippen LogP contribution is -2.56. The normalized spacial score (nSPS) is 30.4. The molecule has 5 heteroatoms. The molecule has 2 aliphatic heterocycles. The molecule has 3 aliphatic rings. The fourth-order valence-electron chi connectivity index (χ4n) is 2.25. The van der Waals surface area contributed by atoms with Crippen LogP contribution in [-0.2, 0) is 4.79 Å². The van der Waals surface area contributed by atoms with E-state index in [0.717, 1.165) is 19.5 Å². The zero-order valence-electron chi connectivity index (χ0n) is 7.93. The summed E-state index contributed by atoms with van der Waals surface area (Å²) in [7, 11) is 0. The van der Waals surface area contributed by atoms with Crippen molar-refractivity contribution in [2.45, 2.75) is 13.3 Å². The number of hydrogen-bond acceptors (Lipinski definition) is 5. The van der Waals surface area contributed by atoms with Crippen molar-refractivity contribution in [3.63, 3.8) is 0 Å². The van der Waals surface area contributed by atoms with Gasteiger partial charge in [0.15, 0.2) is 5.82 Å². The Balaban J connectivity index is 1.80. The van der Waals surface area contributed by atoms with Crippen LogP contribution in [-0.4, -0.2) is 29.0 Å². The number of nitrogens with zero attached hydrogens (tertiary/aromatic N) is 3. The molecule has 1 aromatic rings. The Morgan fingerprint density at radius 1 is 1.43 bits per heavy atom. The van der Waals surface area contributed by atoms with Gasteiger partial charge in [0.05, 0.1) is 0 Å². The fraction of sp³-hybridized carbons (Fsp3) is 0.667. The zero-order chi connectivity index (χ0) is 9.71. The number of fused-ring (bicyclic) bond motifs is 2. The van der Waals surface area contributed by atoms with Gasteiger partial charge < -0.3 is 9.42 Å². The number of aromatic nitrogens is 2. The summed E-state index contributed by atoms with van der Waals surface area (Å²) in [5.74, 6) is 1.48. The number of carbonyl (C=O) groups excluding carboxylic acids is 1. The van der Waals surface area contributed by atoms with Gasteiger partial charge in [0.2, 0.25) is 0 Å². The highest BCUT2D eigenvalue weighted by Crippen LogP contribution is 2.37. The molecule has 1 aromatic heterocycles. The summed E-state index contributed by atoms with van der Waals surface area (Å²) < 4.78 is 5.06. The van der Waals surface area contributed by atoms with Crippen LogP contribution in [0.5, 0.6) is 0 Å². The molecule has 2 unspecified atom stereocenters. The quantitative estimate of drug-likeness (QED) is 0.646. The molecule has 2 atom stereocenters. The van der Waals surface area contributed by atoms with Crippen LogP contribution in [0, 0.1) is 18.8 Å². The van der Waals surface area contributed by atoms with Crippen LogP contribution in [0.25, 0.3) is 0 Å². The molecule has 2 saturated heterocycles. The van der Waals surface area contributed by atoms with Gasteiger partial charge in [-0.15, -0.1) is 0 Å². The van der Waals surface area contributed by atoms with Gasteiger partial charge in [0.25, 0.3) is 0 Å². The summed E-state index contributed by atoms with van der Waals surface area (Å²) in [5.41, 5.74) is 0. The van der Waals surface area contributed by atoms with Crippen molar-refractivity contribution in [3.05, 3.63) is 5.82 Å². The van der Waals surface area contributed by atoms with Gasteiger partial charge in [0.1, 0.15) is 5.78 Å². The molecule has 14 heavy (non-hydrogen) atoms. The third-order valence-electron chi connectivity index (χ3n) is 3.04. The molecule has 4 rings (SSSR count). The minimum atomic E-state index is 0.209. The van der Waals surface area contributed by atoms with Crippen molar-refractivity contribution >= 4 is 11.8 Å². The van der Waals surface area contributed by atoms with E-state index >= 15 is 0 Å². The lowest BCUT2D eigenvalue weighted by molar-refractivity contribution is -0.137. The van der Waals surface area contributed by atoms with E-state index < -0.39 is 0 Å². The van der Waals surface area contributed by atoms with E-state index in [1.165, 1.54) is 0 Å². The average molecular weight is 193 g/mol. The maximum atomic E-state index is 11.3. The highest BCUT2D eigenvalue weighted by Gasteiger charge is 2.46. The van der Waals surface area contributed by atoms with E-state index in [9.17, 15) is 4.79 Å². The van der Waals surface area contributed by atoms with Gasteiger partial charge in [-0.05, 0) is 13.3 Å². The fourth-order valence-corrected chi connectivity index (χ4v) is 2.25. The molecule has 1 aliphatic carbocycles. The van der Waals surface area contributed by atoms with Crippen molar-refractivity contribution in [1.82, 2.24) is 10.1 Å². The predicted octanol–water partition coefficient (Wildman–Crippen LogP) is 0.403. The minimum absolute atomic E-state index is 0.209. The van der Waals surface area contributed by atoms with E-state index in [4.69, 9.17) is 4.52 Å². The number of piperidine rings is 2. The number of Topliss-reactive ketones (excluding diaryl/α,β-unsaturated/α-hetero) is 1. The predicted molar refractivity (Wildman–Crippen MR) is 47.9 cm³/mol. The second-order valence-corrected chi connectivity index (χ2v) is 4.06. The molecule has 0 aromatic carbocycles. The molecular formula is C9H11N3O2. The Hall–Kier alpha value is -1.39. The van der Waals surface area contributed by atoms with Crippen molar-refractivity contribution in [2.75, 3.05) is 18.0 Å². The Labute approximate surface area is 81.1 Å². The topological polar surface area (TPSA) is 59.2 Å². The number of ketones is 1. The number of anilines is 1. The average Bonchev–Trinajstić information content (AvgIpc) is 2.64. The highest BCUT2D eigenvalue weighted by molar-refractivity contribution is 5.91. The molecule has 3 fully saturated rings. The number of aryl methyl sites for hydroxylation is 1. The van der Waals surface area contributed by atoms with Crippen molar-refractivity contribution in [1.29, 1.82) is 0 Å². The van der Waals surface area contributed by atoms with Crippen LogP contribution in [0.1, 0.15) is 12.2 Å². The molecule has 0 spiro atoms. The smallest absolute Gasteiger partial charge is 0.323 e. The molecule has 2 bridgehead atoms. The molecular weight excluding hydrogens is 182 g/mol. The maximum Gasteiger partial charge on any atom is 0.324 e. The van der Waals surface area contributed by atoms with E-state index in [1.807, 2.05) is 4.90 Å². The summed E-state index contributed by atoms with van der Waals surface area (Å²) in [4.78, 5) is 17.5.